The van der Waals surface area contributed by atoms with Crippen LogP contribution >= 0.6 is 0 Å². The topological polar surface area (TPSA) is 50.9 Å². The number of aromatic nitrogens is 1. The predicted molar refractivity (Wildman–Crippen MR) is 76.5 cm³/mol. The van der Waals surface area contributed by atoms with Gasteiger partial charge in [0.05, 0.1) is 11.7 Å². The Labute approximate surface area is 108 Å². The molecule has 0 amide bonds. The normalized spacial score (nSPS) is 12.1. The molecule has 0 aliphatic heterocycles. The van der Waals surface area contributed by atoms with Gasteiger partial charge in [-0.15, -0.1) is 0 Å². The van der Waals surface area contributed by atoms with Gasteiger partial charge >= 0.3 is 0 Å². The number of nitrogens with one attached hydrogen (secondary N) is 1. The molecule has 0 aliphatic carbocycles. The van der Waals surface area contributed by atoms with Crippen molar-refractivity contribution < 1.29 is 0 Å². The van der Waals surface area contributed by atoms with Gasteiger partial charge in [-0.2, -0.15) is 0 Å². The summed E-state index contributed by atoms with van der Waals surface area (Å²) in [6.45, 7) is 4.14. The van der Waals surface area contributed by atoms with E-state index in [1.807, 2.05) is 37.4 Å². The molecule has 0 radical (unpaired) electrons. The average molecular weight is 241 g/mol. The first-order valence-corrected chi connectivity index (χ1v) is 6.24. The van der Waals surface area contributed by atoms with Crippen molar-refractivity contribution in [3.63, 3.8) is 0 Å². The fourth-order valence-electron chi connectivity index (χ4n) is 1.98. The van der Waals surface area contributed by atoms with E-state index in [9.17, 15) is 0 Å². The molecular formula is C15H19N3. The third-order valence-electron chi connectivity index (χ3n) is 2.98. The highest BCUT2D eigenvalue weighted by molar-refractivity contribution is 5.62. The first-order valence-electron chi connectivity index (χ1n) is 6.24. The lowest BCUT2D eigenvalue weighted by atomic mass is 10.0. The molecule has 1 atom stereocenters. The molecule has 3 nitrogen and oxygen atoms in total. The number of nitrogen functional groups attached to an aromatic ring is 1. The van der Waals surface area contributed by atoms with Crippen molar-refractivity contribution >= 4 is 11.5 Å². The van der Waals surface area contributed by atoms with Crippen molar-refractivity contribution in [2.24, 2.45) is 0 Å². The van der Waals surface area contributed by atoms with Crippen molar-refractivity contribution in [1.82, 2.24) is 4.98 Å². The molecular weight excluding hydrogens is 222 g/mol. The maximum absolute atomic E-state index is 5.98. The Morgan fingerprint density at radius 3 is 2.61 bits per heavy atom. The molecule has 94 valence electrons. The van der Waals surface area contributed by atoms with E-state index in [2.05, 4.69) is 29.4 Å². The molecule has 1 aromatic heterocycles. The number of aryl methyl sites for hydroxylation is 1. The Morgan fingerprint density at radius 1 is 1.28 bits per heavy atom. The molecule has 0 saturated heterocycles. The largest absolute Gasteiger partial charge is 0.396 e. The van der Waals surface area contributed by atoms with E-state index in [0.29, 0.717) is 5.69 Å². The summed E-state index contributed by atoms with van der Waals surface area (Å²) in [5, 5.41) is 3.40. The molecule has 1 heterocycles. The van der Waals surface area contributed by atoms with E-state index in [1.165, 1.54) is 5.56 Å². The minimum absolute atomic E-state index is 0.240. The zero-order chi connectivity index (χ0) is 13.0. The van der Waals surface area contributed by atoms with Crippen LogP contribution in [0.1, 0.15) is 30.5 Å². The summed E-state index contributed by atoms with van der Waals surface area (Å²) < 4.78 is 0. The minimum Gasteiger partial charge on any atom is -0.396 e. The molecule has 0 fully saturated rings. The standard InChI is InChI=1S/C15H19N3/c1-3-14(12-7-5-4-6-8-12)18-15-13(16)9-11(2)10-17-15/h4-10,14H,3,16H2,1-2H3,(H,17,18). The molecule has 3 heteroatoms. The molecule has 0 aliphatic rings. The lowest BCUT2D eigenvalue weighted by Crippen LogP contribution is -2.12. The van der Waals surface area contributed by atoms with Crippen LogP contribution in [0.3, 0.4) is 0 Å². The van der Waals surface area contributed by atoms with Crippen molar-refractivity contribution in [3.05, 3.63) is 53.7 Å². The van der Waals surface area contributed by atoms with Gasteiger partial charge < -0.3 is 11.1 Å². The summed E-state index contributed by atoms with van der Waals surface area (Å²) in [5.41, 5.74) is 9.00. The zero-order valence-electron chi connectivity index (χ0n) is 10.9. The van der Waals surface area contributed by atoms with Crippen molar-refractivity contribution in [2.45, 2.75) is 26.3 Å². The summed E-state index contributed by atoms with van der Waals surface area (Å²) in [4.78, 5) is 4.35. The van der Waals surface area contributed by atoms with Crippen molar-refractivity contribution in [1.29, 1.82) is 0 Å². The third kappa shape index (κ3) is 2.80. The third-order valence-corrected chi connectivity index (χ3v) is 2.98. The molecule has 1 aromatic carbocycles. The highest BCUT2D eigenvalue weighted by atomic mass is 15.0. The Kier molecular flexibility index (Phi) is 3.82. The van der Waals surface area contributed by atoms with E-state index < -0.39 is 0 Å². The van der Waals surface area contributed by atoms with E-state index in [-0.39, 0.29) is 6.04 Å². The maximum Gasteiger partial charge on any atom is 0.149 e. The molecule has 1 unspecified atom stereocenters. The Hall–Kier alpha value is -2.03. The van der Waals surface area contributed by atoms with Gasteiger partial charge in [-0.25, -0.2) is 4.98 Å². The zero-order valence-corrected chi connectivity index (χ0v) is 10.9. The maximum atomic E-state index is 5.98. The van der Waals surface area contributed by atoms with Gasteiger partial charge in [-0.3, -0.25) is 0 Å². The van der Waals surface area contributed by atoms with Gasteiger partial charge in [0.1, 0.15) is 5.82 Å². The van der Waals surface area contributed by atoms with Crippen LogP contribution in [0.25, 0.3) is 0 Å². The van der Waals surface area contributed by atoms with Crippen molar-refractivity contribution in [3.8, 4) is 0 Å². The lowest BCUT2D eigenvalue weighted by Gasteiger charge is -2.19. The van der Waals surface area contributed by atoms with Gasteiger partial charge in [0.15, 0.2) is 0 Å². The predicted octanol–water partition coefficient (Wildman–Crippen LogP) is 3.54. The van der Waals surface area contributed by atoms with Crippen LogP contribution < -0.4 is 11.1 Å². The number of rotatable bonds is 4. The smallest absolute Gasteiger partial charge is 0.149 e. The number of hydrogen-bond acceptors (Lipinski definition) is 3. The van der Waals surface area contributed by atoms with Crippen LogP contribution in [0.5, 0.6) is 0 Å². The first-order chi connectivity index (χ1) is 8.70. The second-order valence-corrected chi connectivity index (χ2v) is 4.47. The fraction of sp³-hybridized carbons (Fsp3) is 0.267. The molecule has 0 bridgehead atoms. The van der Waals surface area contributed by atoms with Crippen LogP contribution in [0.15, 0.2) is 42.6 Å². The van der Waals surface area contributed by atoms with Crippen LogP contribution in [0.4, 0.5) is 11.5 Å². The van der Waals surface area contributed by atoms with E-state index in [4.69, 9.17) is 5.73 Å². The number of benzene rings is 1. The minimum atomic E-state index is 0.240. The number of nitrogens with zero attached hydrogens (tertiary/aromatic N) is 1. The van der Waals surface area contributed by atoms with E-state index >= 15 is 0 Å². The van der Waals surface area contributed by atoms with Gasteiger partial charge in [-0.05, 0) is 30.5 Å². The van der Waals surface area contributed by atoms with Crippen LogP contribution in [0.2, 0.25) is 0 Å². The Morgan fingerprint density at radius 2 is 2.00 bits per heavy atom. The Balaban J connectivity index is 2.21. The monoisotopic (exact) mass is 241 g/mol. The SMILES string of the molecule is CCC(Nc1ncc(C)cc1N)c1ccccc1. The molecule has 3 N–H and O–H groups in total. The fourth-order valence-corrected chi connectivity index (χ4v) is 1.98. The number of nitrogens with two attached hydrogens (primary N) is 1. The molecule has 18 heavy (non-hydrogen) atoms. The van der Waals surface area contributed by atoms with Crippen LogP contribution in [-0.4, -0.2) is 4.98 Å². The summed E-state index contributed by atoms with van der Waals surface area (Å²) >= 11 is 0. The van der Waals surface area contributed by atoms with Crippen LogP contribution in [0, 0.1) is 6.92 Å². The second kappa shape index (κ2) is 5.54. The van der Waals surface area contributed by atoms with Gasteiger partial charge in [0, 0.05) is 6.20 Å². The summed E-state index contributed by atoms with van der Waals surface area (Å²) in [7, 11) is 0. The summed E-state index contributed by atoms with van der Waals surface area (Å²) in [5.74, 6) is 0.760. The highest BCUT2D eigenvalue weighted by Crippen LogP contribution is 2.24. The molecule has 2 rings (SSSR count). The lowest BCUT2D eigenvalue weighted by molar-refractivity contribution is 0.745. The average Bonchev–Trinajstić information content (AvgIpc) is 2.39. The summed E-state index contributed by atoms with van der Waals surface area (Å²) in [6, 6.07) is 12.5. The van der Waals surface area contributed by atoms with Gasteiger partial charge in [0.2, 0.25) is 0 Å². The van der Waals surface area contributed by atoms with Gasteiger partial charge in [-0.1, -0.05) is 37.3 Å². The number of pyridine rings is 1. The summed E-state index contributed by atoms with van der Waals surface area (Å²) in [6.07, 6.45) is 2.81. The van der Waals surface area contributed by atoms with Crippen molar-refractivity contribution in [2.75, 3.05) is 11.1 Å². The second-order valence-electron chi connectivity index (χ2n) is 4.47. The molecule has 0 spiro atoms. The number of anilines is 2. The highest BCUT2D eigenvalue weighted by Gasteiger charge is 2.10. The van der Waals surface area contributed by atoms with Gasteiger partial charge in [0.25, 0.3) is 0 Å². The van der Waals surface area contributed by atoms with Crippen LogP contribution in [-0.2, 0) is 0 Å². The molecule has 2 aromatic rings. The molecule has 0 saturated carbocycles. The van der Waals surface area contributed by atoms with E-state index in [0.717, 1.165) is 17.8 Å². The number of hydrogen-bond donors (Lipinski definition) is 2. The van der Waals surface area contributed by atoms with E-state index in [1.54, 1.807) is 0 Å². The Bertz CT molecular complexity index is 508. The quantitative estimate of drug-likeness (QED) is 0.860. The first kappa shape index (κ1) is 12.4.